The predicted octanol–water partition coefficient (Wildman–Crippen LogP) is 8.01. The van der Waals surface area contributed by atoms with E-state index in [-0.39, 0.29) is 12.5 Å². The Morgan fingerprint density at radius 1 is 0.628 bits per heavy atom. The molecule has 2 aliphatic rings. The summed E-state index contributed by atoms with van der Waals surface area (Å²) in [6, 6.07) is 14.3. The SMILES string of the molecule is CC1=CC#CC(B(c2ccc(B(c3c(C)cc(C)cc3C)C3C(C)=CC(C)=CC3C)s2)c2c(C)cc(C)cc2C)C(C)=C1. The minimum atomic E-state index is 0.127. The molecule has 218 valence electrons. The van der Waals surface area contributed by atoms with E-state index in [0.717, 1.165) is 0 Å². The number of hydrogen-bond donors (Lipinski definition) is 0. The molecule has 0 fully saturated rings. The third-order valence-corrected chi connectivity index (χ3v) is 10.9. The Morgan fingerprint density at radius 3 is 1.65 bits per heavy atom. The lowest BCUT2D eigenvalue weighted by molar-refractivity contribution is 0.690. The van der Waals surface area contributed by atoms with Crippen LogP contribution in [0.2, 0.25) is 11.6 Å². The lowest BCUT2D eigenvalue weighted by Gasteiger charge is -2.34. The Morgan fingerprint density at radius 2 is 1.12 bits per heavy atom. The Hall–Kier alpha value is -3.21. The molecule has 3 aromatic rings. The molecule has 43 heavy (non-hydrogen) atoms. The number of rotatable bonds is 6. The molecule has 5 rings (SSSR count). The van der Waals surface area contributed by atoms with E-state index in [1.54, 1.807) is 0 Å². The van der Waals surface area contributed by atoms with Gasteiger partial charge in [-0.2, -0.15) is 11.3 Å². The summed E-state index contributed by atoms with van der Waals surface area (Å²) in [5.74, 6) is 8.13. The average molecular weight is 580 g/mol. The molecular formula is C40H46B2S. The van der Waals surface area contributed by atoms with Crippen LogP contribution in [0.3, 0.4) is 0 Å². The highest BCUT2D eigenvalue weighted by Gasteiger charge is 2.39. The minimum Gasteiger partial charge on any atom is -0.164 e. The van der Waals surface area contributed by atoms with Crippen molar-refractivity contribution in [2.75, 3.05) is 0 Å². The van der Waals surface area contributed by atoms with Gasteiger partial charge in [0.05, 0.1) is 0 Å². The molecule has 2 aromatic carbocycles. The van der Waals surface area contributed by atoms with E-state index >= 15 is 0 Å². The van der Waals surface area contributed by atoms with Crippen LogP contribution in [0.15, 0.2) is 83.0 Å². The molecule has 0 bridgehead atoms. The molecule has 0 N–H and O–H groups in total. The van der Waals surface area contributed by atoms with Gasteiger partial charge in [-0.3, -0.25) is 0 Å². The molecular weight excluding hydrogens is 534 g/mol. The second-order valence-electron chi connectivity index (χ2n) is 13.5. The van der Waals surface area contributed by atoms with Crippen molar-refractivity contribution >= 4 is 45.2 Å². The fourth-order valence-electron chi connectivity index (χ4n) is 8.24. The van der Waals surface area contributed by atoms with E-state index in [2.05, 4.69) is 149 Å². The van der Waals surface area contributed by atoms with Gasteiger partial charge in [0.1, 0.15) is 0 Å². The molecule has 3 heteroatoms. The Bertz CT molecular complexity index is 1720. The summed E-state index contributed by atoms with van der Waals surface area (Å²) in [6.45, 7) is 25.6. The van der Waals surface area contributed by atoms with Crippen LogP contribution < -0.4 is 20.5 Å². The van der Waals surface area contributed by atoms with Crippen molar-refractivity contribution in [1.82, 2.24) is 0 Å². The summed E-state index contributed by atoms with van der Waals surface area (Å²) in [7, 11) is 0. The van der Waals surface area contributed by atoms with Crippen molar-refractivity contribution in [3.05, 3.63) is 116 Å². The molecule has 0 spiro atoms. The summed E-state index contributed by atoms with van der Waals surface area (Å²) in [4.78, 5) is 0. The van der Waals surface area contributed by atoms with Gasteiger partial charge in [0.15, 0.2) is 0 Å². The van der Waals surface area contributed by atoms with Gasteiger partial charge in [0, 0.05) is 5.82 Å². The average Bonchev–Trinajstić information content (AvgIpc) is 3.29. The highest BCUT2D eigenvalue weighted by Crippen LogP contribution is 2.37. The van der Waals surface area contributed by atoms with Crippen LogP contribution in [-0.4, -0.2) is 13.4 Å². The molecule has 3 unspecified atom stereocenters. The maximum Gasteiger partial charge on any atom is 0.242 e. The van der Waals surface area contributed by atoms with Crippen molar-refractivity contribution in [1.29, 1.82) is 0 Å². The molecule has 0 saturated heterocycles. The zero-order valence-corrected chi connectivity index (χ0v) is 28.9. The maximum absolute atomic E-state index is 3.70. The van der Waals surface area contributed by atoms with Crippen LogP contribution in [0.5, 0.6) is 0 Å². The first-order valence-corrected chi connectivity index (χ1v) is 16.6. The highest BCUT2D eigenvalue weighted by atomic mass is 32.1. The number of benzene rings is 2. The van der Waals surface area contributed by atoms with E-state index in [9.17, 15) is 0 Å². The summed E-state index contributed by atoms with van der Waals surface area (Å²) >= 11 is 2.02. The van der Waals surface area contributed by atoms with E-state index in [4.69, 9.17) is 0 Å². The summed E-state index contributed by atoms with van der Waals surface area (Å²) in [5.41, 5.74) is 16.6. The van der Waals surface area contributed by atoms with Crippen LogP contribution in [0.25, 0.3) is 0 Å². The molecule has 2 aliphatic carbocycles. The van der Waals surface area contributed by atoms with Gasteiger partial charge in [-0.25, -0.2) is 0 Å². The van der Waals surface area contributed by atoms with E-state index in [1.165, 1.54) is 76.2 Å². The van der Waals surface area contributed by atoms with Gasteiger partial charge in [0.2, 0.25) is 13.4 Å². The molecule has 0 nitrogen and oxygen atoms in total. The Balaban J connectivity index is 1.73. The third kappa shape index (κ3) is 6.23. The maximum atomic E-state index is 3.70. The first-order valence-electron chi connectivity index (χ1n) is 15.8. The number of allylic oxidation sites excluding steroid dienone is 8. The van der Waals surface area contributed by atoms with Crippen LogP contribution in [0.1, 0.15) is 68.0 Å². The molecule has 0 saturated carbocycles. The fourth-order valence-corrected chi connectivity index (χ4v) is 9.55. The van der Waals surface area contributed by atoms with E-state index < -0.39 is 0 Å². The minimum absolute atomic E-state index is 0.127. The van der Waals surface area contributed by atoms with E-state index in [1.807, 2.05) is 11.3 Å². The standard InChI is InChI=1S/C40H46B2S/c1-24-13-12-14-35(28(5)17-24)41(38-29(6)18-25(2)19-30(38)7)36-15-16-37(43-36)42(39-31(8)20-26(3)21-32(39)9)40-33(10)22-27(4)23-34(40)11/h13,15-23,31,35,39H,1-11H3. The Labute approximate surface area is 266 Å². The smallest absolute Gasteiger partial charge is 0.164 e. The number of thiophene rings is 1. The second kappa shape index (κ2) is 12.4. The summed E-state index contributed by atoms with van der Waals surface area (Å²) in [5, 5.41) is 0. The third-order valence-electron chi connectivity index (χ3n) is 9.61. The first kappa shape index (κ1) is 31.2. The first-order chi connectivity index (χ1) is 20.3. The molecule has 0 aliphatic heterocycles. The summed E-state index contributed by atoms with van der Waals surface area (Å²) in [6.07, 6.45) is 9.29. The van der Waals surface area contributed by atoms with Gasteiger partial charge in [-0.1, -0.05) is 134 Å². The Kier molecular flexibility index (Phi) is 9.02. The zero-order valence-electron chi connectivity index (χ0n) is 28.1. The van der Waals surface area contributed by atoms with Crippen LogP contribution in [0, 0.1) is 59.3 Å². The lowest BCUT2D eigenvalue weighted by Crippen LogP contribution is -2.50. The van der Waals surface area contributed by atoms with Crippen LogP contribution in [-0.2, 0) is 0 Å². The number of hydrogen-bond acceptors (Lipinski definition) is 1. The topological polar surface area (TPSA) is 0 Å². The van der Waals surface area contributed by atoms with Gasteiger partial charge in [0.25, 0.3) is 0 Å². The fraction of sp³-hybridized carbons (Fsp3) is 0.350. The van der Waals surface area contributed by atoms with Gasteiger partial charge < -0.3 is 0 Å². The largest absolute Gasteiger partial charge is 0.242 e. The highest BCUT2D eigenvalue weighted by molar-refractivity contribution is 7.34. The quantitative estimate of drug-likeness (QED) is 0.205. The van der Waals surface area contributed by atoms with Crippen molar-refractivity contribution < 1.29 is 0 Å². The second-order valence-corrected chi connectivity index (χ2v) is 14.7. The molecule has 0 amide bonds. The van der Waals surface area contributed by atoms with Crippen LogP contribution >= 0.6 is 11.3 Å². The van der Waals surface area contributed by atoms with Gasteiger partial charge in [-0.05, 0) is 102 Å². The normalized spacial score (nSPS) is 19.8. The van der Waals surface area contributed by atoms with E-state index in [0.29, 0.717) is 18.4 Å². The van der Waals surface area contributed by atoms with Gasteiger partial charge in [-0.15, -0.1) is 0 Å². The summed E-state index contributed by atoms with van der Waals surface area (Å²) < 4.78 is 2.88. The van der Waals surface area contributed by atoms with Crippen molar-refractivity contribution in [2.24, 2.45) is 5.92 Å². The molecule has 0 radical (unpaired) electrons. The lowest BCUT2D eigenvalue weighted by atomic mass is 9.31. The molecule has 1 heterocycles. The predicted molar refractivity (Wildman–Crippen MR) is 195 cm³/mol. The number of aryl methyl sites for hydroxylation is 6. The van der Waals surface area contributed by atoms with Crippen LogP contribution in [0.4, 0.5) is 0 Å². The van der Waals surface area contributed by atoms with Crippen molar-refractivity contribution in [3.8, 4) is 11.8 Å². The van der Waals surface area contributed by atoms with Gasteiger partial charge >= 0.3 is 0 Å². The zero-order chi connectivity index (χ0) is 31.2. The van der Waals surface area contributed by atoms with Crippen molar-refractivity contribution in [3.63, 3.8) is 0 Å². The molecule has 1 aromatic heterocycles. The monoisotopic (exact) mass is 580 g/mol. The van der Waals surface area contributed by atoms with Crippen molar-refractivity contribution in [2.45, 2.75) is 87.8 Å². The molecule has 3 atom stereocenters.